The predicted molar refractivity (Wildman–Crippen MR) is 96.8 cm³/mol. The van der Waals surface area contributed by atoms with Crippen LogP contribution >= 0.6 is 11.3 Å². The zero-order chi connectivity index (χ0) is 17.1. The van der Waals surface area contributed by atoms with E-state index in [0.717, 1.165) is 60.7 Å². The van der Waals surface area contributed by atoms with Crippen LogP contribution in [0.5, 0.6) is 0 Å². The van der Waals surface area contributed by atoms with Crippen molar-refractivity contribution in [2.75, 3.05) is 44.7 Å². The van der Waals surface area contributed by atoms with Crippen molar-refractivity contribution in [2.24, 2.45) is 0 Å². The van der Waals surface area contributed by atoms with E-state index in [1.807, 2.05) is 18.3 Å². The minimum Gasteiger partial charge on any atom is -0.379 e. The average molecular weight is 354 g/mol. The molecule has 8 heteroatoms. The number of anilines is 1. The van der Waals surface area contributed by atoms with Gasteiger partial charge in [0.15, 0.2) is 0 Å². The maximum atomic E-state index is 8.87. The fraction of sp³-hybridized carbons (Fsp3) is 0.353. The Bertz CT molecular complexity index is 857. The molecule has 0 atom stereocenters. The summed E-state index contributed by atoms with van der Waals surface area (Å²) in [6.07, 6.45) is 1.92. The van der Waals surface area contributed by atoms with Gasteiger partial charge in [-0.2, -0.15) is 5.26 Å². The highest BCUT2D eigenvalue weighted by Gasteiger charge is 2.12. The largest absolute Gasteiger partial charge is 0.379 e. The van der Waals surface area contributed by atoms with Crippen molar-refractivity contribution in [3.8, 4) is 17.3 Å². The molecular formula is C17H18N6OS. The third-order valence-corrected chi connectivity index (χ3v) is 5.04. The third kappa shape index (κ3) is 3.64. The summed E-state index contributed by atoms with van der Waals surface area (Å²) in [5.74, 6) is 0. The van der Waals surface area contributed by atoms with E-state index in [-0.39, 0.29) is 0 Å². The number of ether oxygens (including phenoxy) is 1. The molecule has 2 aromatic heterocycles. The first-order valence-corrected chi connectivity index (χ1v) is 9.04. The Morgan fingerprint density at radius 2 is 2.04 bits per heavy atom. The number of nitrogens with zero attached hydrogens (tertiary/aromatic N) is 5. The number of benzene rings is 1. The van der Waals surface area contributed by atoms with E-state index in [9.17, 15) is 0 Å². The molecule has 1 fully saturated rings. The molecule has 7 nitrogen and oxygen atoms in total. The molecule has 4 rings (SSSR count). The fourth-order valence-electron chi connectivity index (χ4n) is 2.77. The molecule has 0 aliphatic carbocycles. The molecule has 128 valence electrons. The van der Waals surface area contributed by atoms with Gasteiger partial charge in [-0.05, 0) is 12.1 Å². The summed E-state index contributed by atoms with van der Waals surface area (Å²) in [4.78, 5) is 7.87. The van der Waals surface area contributed by atoms with E-state index in [0.29, 0.717) is 5.56 Å². The molecule has 0 bridgehead atoms. The van der Waals surface area contributed by atoms with Crippen LogP contribution in [-0.4, -0.2) is 58.9 Å². The van der Waals surface area contributed by atoms with Gasteiger partial charge in [-0.25, -0.2) is 9.50 Å². The predicted octanol–water partition coefficient (Wildman–Crippen LogP) is 2.07. The standard InChI is InChI=1S/C17H18N6OS/c18-11-13-1-3-14(4-2-13)15-12-23-17(20-15)25-16(21-23)19-5-6-22-7-9-24-10-8-22/h1-4,12H,5-10H2,(H,19,21). The van der Waals surface area contributed by atoms with E-state index in [1.165, 1.54) is 0 Å². The summed E-state index contributed by atoms with van der Waals surface area (Å²) in [5, 5.41) is 17.7. The van der Waals surface area contributed by atoms with E-state index >= 15 is 0 Å². The van der Waals surface area contributed by atoms with E-state index in [1.54, 1.807) is 28.0 Å². The summed E-state index contributed by atoms with van der Waals surface area (Å²) in [6, 6.07) is 9.54. The monoisotopic (exact) mass is 354 g/mol. The number of hydrogen-bond donors (Lipinski definition) is 1. The zero-order valence-electron chi connectivity index (χ0n) is 13.7. The second kappa shape index (κ2) is 7.19. The number of hydrogen-bond acceptors (Lipinski definition) is 7. The highest BCUT2D eigenvalue weighted by molar-refractivity contribution is 7.20. The lowest BCUT2D eigenvalue weighted by Crippen LogP contribution is -2.39. The average Bonchev–Trinajstić information content (AvgIpc) is 3.21. The van der Waals surface area contributed by atoms with Crippen molar-refractivity contribution in [1.29, 1.82) is 5.26 Å². The minimum atomic E-state index is 0.648. The number of imidazole rings is 1. The van der Waals surface area contributed by atoms with Gasteiger partial charge >= 0.3 is 0 Å². The van der Waals surface area contributed by atoms with Crippen LogP contribution in [-0.2, 0) is 4.74 Å². The normalized spacial score (nSPS) is 15.3. The van der Waals surface area contributed by atoms with Crippen molar-refractivity contribution in [2.45, 2.75) is 0 Å². The number of nitrogens with one attached hydrogen (secondary N) is 1. The first kappa shape index (κ1) is 16.0. The maximum Gasteiger partial charge on any atom is 0.214 e. The molecule has 1 aliphatic heterocycles. The summed E-state index contributed by atoms with van der Waals surface area (Å²) < 4.78 is 7.16. The Labute approximate surface area is 149 Å². The molecule has 1 saturated heterocycles. The van der Waals surface area contributed by atoms with Crippen molar-refractivity contribution in [3.05, 3.63) is 36.0 Å². The van der Waals surface area contributed by atoms with Gasteiger partial charge in [-0.1, -0.05) is 23.5 Å². The molecule has 3 heterocycles. The maximum absolute atomic E-state index is 8.87. The number of aromatic nitrogens is 3. The molecule has 25 heavy (non-hydrogen) atoms. The molecule has 0 spiro atoms. The summed E-state index contributed by atoms with van der Waals surface area (Å²) in [5.41, 5.74) is 2.50. The summed E-state index contributed by atoms with van der Waals surface area (Å²) >= 11 is 1.54. The van der Waals surface area contributed by atoms with E-state index in [4.69, 9.17) is 10.00 Å². The fourth-order valence-corrected chi connectivity index (χ4v) is 3.58. The van der Waals surface area contributed by atoms with Gasteiger partial charge in [-0.15, -0.1) is 5.10 Å². The Kier molecular flexibility index (Phi) is 4.61. The number of nitriles is 1. The molecule has 1 aliphatic rings. The Hall–Kier alpha value is -2.47. The van der Waals surface area contributed by atoms with Crippen LogP contribution in [0.3, 0.4) is 0 Å². The lowest BCUT2D eigenvalue weighted by molar-refractivity contribution is 0.0398. The highest BCUT2D eigenvalue weighted by Crippen LogP contribution is 2.24. The second-order valence-electron chi connectivity index (χ2n) is 5.83. The van der Waals surface area contributed by atoms with Crippen LogP contribution < -0.4 is 5.32 Å². The van der Waals surface area contributed by atoms with E-state index < -0.39 is 0 Å². The first-order chi connectivity index (χ1) is 12.3. The number of morpholine rings is 1. The van der Waals surface area contributed by atoms with Gasteiger partial charge in [0.1, 0.15) is 0 Å². The van der Waals surface area contributed by atoms with Gasteiger partial charge < -0.3 is 10.1 Å². The van der Waals surface area contributed by atoms with Crippen molar-refractivity contribution >= 4 is 21.4 Å². The van der Waals surface area contributed by atoms with Gasteiger partial charge in [0.2, 0.25) is 10.1 Å². The smallest absolute Gasteiger partial charge is 0.214 e. The quantitative estimate of drug-likeness (QED) is 0.756. The molecule has 0 saturated carbocycles. The van der Waals surface area contributed by atoms with Crippen molar-refractivity contribution in [1.82, 2.24) is 19.5 Å². The van der Waals surface area contributed by atoms with Crippen molar-refractivity contribution in [3.63, 3.8) is 0 Å². The highest BCUT2D eigenvalue weighted by atomic mass is 32.1. The molecule has 0 unspecified atom stereocenters. The van der Waals surface area contributed by atoms with Gasteiger partial charge in [0.25, 0.3) is 0 Å². The zero-order valence-corrected chi connectivity index (χ0v) is 14.5. The van der Waals surface area contributed by atoms with Gasteiger partial charge in [-0.3, -0.25) is 4.90 Å². The third-order valence-electron chi connectivity index (χ3n) is 4.16. The van der Waals surface area contributed by atoms with Crippen LogP contribution in [0, 0.1) is 11.3 Å². The van der Waals surface area contributed by atoms with Crippen LogP contribution in [0.1, 0.15) is 5.56 Å². The second-order valence-corrected chi connectivity index (χ2v) is 6.79. The van der Waals surface area contributed by atoms with Crippen LogP contribution in [0.2, 0.25) is 0 Å². The first-order valence-electron chi connectivity index (χ1n) is 8.22. The Balaban J connectivity index is 1.39. The SMILES string of the molecule is N#Cc1ccc(-c2cn3nc(NCCN4CCOCC4)sc3n2)cc1. The Morgan fingerprint density at radius 3 is 2.76 bits per heavy atom. The van der Waals surface area contributed by atoms with Crippen LogP contribution in [0.4, 0.5) is 5.13 Å². The van der Waals surface area contributed by atoms with Crippen LogP contribution in [0.25, 0.3) is 16.2 Å². The molecule has 3 aromatic rings. The Morgan fingerprint density at radius 1 is 1.24 bits per heavy atom. The number of fused-ring (bicyclic) bond motifs is 1. The topological polar surface area (TPSA) is 78.5 Å². The number of rotatable bonds is 5. The van der Waals surface area contributed by atoms with Gasteiger partial charge in [0, 0.05) is 31.7 Å². The molecule has 0 radical (unpaired) electrons. The lowest BCUT2D eigenvalue weighted by atomic mass is 10.1. The van der Waals surface area contributed by atoms with Gasteiger partial charge in [0.05, 0.1) is 36.7 Å². The molecule has 1 N–H and O–H groups in total. The molecular weight excluding hydrogens is 336 g/mol. The van der Waals surface area contributed by atoms with E-state index in [2.05, 4.69) is 26.4 Å². The minimum absolute atomic E-state index is 0.648. The van der Waals surface area contributed by atoms with Crippen molar-refractivity contribution < 1.29 is 4.74 Å². The summed E-state index contributed by atoms with van der Waals surface area (Å²) in [6.45, 7) is 5.49. The van der Waals surface area contributed by atoms with Crippen LogP contribution in [0.15, 0.2) is 30.5 Å². The molecule has 0 amide bonds. The molecule has 1 aromatic carbocycles. The summed E-state index contributed by atoms with van der Waals surface area (Å²) in [7, 11) is 0. The lowest BCUT2D eigenvalue weighted by Gasteiger charge is -2.26.